The van der Waals surface area contributed by atoms with Crippen molar-refractivity contribution in [2.75, 3.05) is 26.7 Å². The van der Waals surface area contributed by atoms with Crippen LogP contribution in [0.4, 0.5) is 0 Å². The maximum atomic E-state index is 12.7. The second-order valence-electron chi connectivity index (χ2n) is 7.39. The quantitative estimate of drug-likeness (QED) is 0.204. The molecule has 1 fully saturated rings. The molecule has 0 aromatic heterocycles. The zero-order valence-electron chi connectivity index (χ0n) is 18.2. The van der Waals surface area contributed by atoms with Crippen LogP contribution in [0.2, 0.25) is 0 Å². The maximum Gasteiger partial charge on any atom is 0.325 e. The molecule has 0 unspecified atom stereocenters. The number of benzene rings is 1. The van der Waals surface area contributed by atoms with Crippen LogP contribution in [0.5, 0.6) is 0 Å². The number of guanidine groups is 1. The van der Waals surface area contributed by atoms with Gasteiger partial charge in [0.25, 0.3) is 10.0 Å². The van der Waals surface area contributed by atoms with Crippen molar-refractivity contribution in [2.45, 2.75) is 43.5 Å². The molecule has 0 bridgehead atoms. The summed E-state index contributed by atoms with van der Waals surface area (Å²) in [5, 5.41) is 2.67. The van der Waals surface area contributed by atoms with E-state index in [4.69, 9.17) is 5.73 Å². The molecule has 176 valence electrons. The van der Waals surface area contributed by atoms with Gasteiger partial charge in [-0.1, -0.05) is 17.7 Å². The number of methoxy groups -OCH3 is 1. The van der Waals surface area contributed by atoms with Crippen molar-refractivity contribution in [3.63, 3.8) is 0 Å². The van der Waals surface area contributed by atoms with Crippen LogP contribution in [-0.2, 0) is 29.1 Å². The highest BCUT2D eigenvalue weighted by atomic mass is 32.2. The zero-order chi connectivity index (χ0) is 23.7. The van der Waals surface area contributed by atoms with Crippen molar-refractivity contribution < 1.29 is 27.5 Å². The van der Waals surface area contributed by atoms with E-state index < -0.39 is 22.0 Å². The highest BCUT2D eigenvalue weighted by molar-refractivity contribution is 7.90. The molecular weight excluding hydrogens is 438 g/mol. The highest BCUT2D eigenvalue weighted by Crippen LogP contribution is 2.11. The summed E-state index contributed by atoms with van der Waals surface area (Å²) in [4.78, 5) is 41.7. The standard InChI is InChI=1S/C20H29N5O6S/c1-14-7-9-15(10-8-14)32(29,30)24-20(21)22-11-3-5-16-19(28)25(13-18(27)31-2)12-4-6-17(26)23-16/h7-10,16H,3-6,11-13H2,1-2H3,(H,23,26)(H3,21,22,24)/t16-/m0/s1. The molecule has 32 heavy (non-hydrogen) atoms. The van der Waals surface area contributed by atoms with Gasteiger partial charge in [0.2, 0.25) is 17.8 Å². The number of hydrogen-bond acceptors (Lipinski definition) is 7. The zero-order valence-corrected chi connectivity index (χ0v) is 19.0. The van der Waals surface area contributed by atoms with Gasteiger partial charge in [-0.2, -0.15) is 0 Å². The predicted molar refractivity (Wildman–Crippen MR) is 117 cm³/mol. The first kappa shape index (κ1) is 25.1. The van der Waals surface area contributed by atoms with Gasteiger partial charge in [0.1, 0.15) is 12.6 Å². The van der Waals surface area contributed by atoms with Gasteiger partial charge >= 0.3 is 5.97 Å². The minimum Gasteiger partial charge on any atom is -0.468 e. The molecule has 1 aliphatic heterocycles. The van der Waals surface area contributed by atoms with Crippen molar-refractivity contribution in [1.29, 1.82) is 0 Å². The van der Waals surface area contributed by atoms with Gasteiger partial charge in [-0.05, 0) is 38.3 Å². The molecular formula is C20H29N5O6S. The fraction of sp³-hybridized carbons (Fsp3) is 0.500. The van der Waals surface area contributed by atoms with E-state index in [-0.39, 0.29) is 55.1 Å². The SMILES string of the molecule is COC(=O)CN1CCCC(=O)N[C@@H](CCCN=C(N)NS(=O)(=O)c2ccc(C)cc2)C1=O. The van der Waals surface area contributed by atoms with E-state index in [9.17, 15) is 22.8 Å². The fourth-order valence-electron chi connectivity index (χ4n) is 3.10. The van der Waals surface area contributed by atoms with E-state index in [1.807, 2.05) is 6.92 Å². The van der Waals surface area contributed by atoms with Crippen LogP contribution in [-0.4, -0.2) is 69.8 Å². The fourth-order valence-corrected chi connectivity index (χ4v) is 4.06. The lowest BCUT2D eigenvalue weighted by Gasteiger charge is -2.29. The second kappa shape index (κ2) is 11.5. The number of aliphatic imine (C=N–C) groups is 1. The summed E-state index contributed by atoms with van der Waals surface area (Å²) in [6.45, 7) is 2.08. The molecule has 0 radical (unpaired) electrons. The lowest BCUT2D eigenvalue weighted by molar-refractivity contribution is -0.148. The van der Waals surface area contributed by atoms with E-state index in [1.54, 1.807) is 12.1 Å². The number of ether oxygens (including phenoxy) is 1. The van der Waals surface area contributed by atoms with Gasteiger partial charge in [0, 0.05) is 19.5 Å². The number of nitrogens with zero attached hydrogens (tertiary/aromatic N) is 2. The van der Waals surface area contributed by atoms with E-state index in [1.165, 1.54) is 24.1 Å². The molecule has 1 saturated heterocycles. The van der Waals surface area contributed by atoms with Gasteiger partial charge in [-0.3, -0.25) is 19.4 Å². The Morgan fingerprint density at radius 3 is 2.66 bits per heavy atom. The molecule has 0 aliphatic carbocycles. The molecule has 1 atom stereocenters. The first-order valence-electron chi connectivity index (χ1n) is 10.2. The summed E-state index contributed by atoms with van der Waals surface area (Å²) in [7, 11) is -2.61. The number of carbonyl (C=O) groups is 3. The molecule has 2 rings (SSSR count). The average molecular weight is 468 g/mol. The summed E-state index contributed by atoms with van der Waals surface area (Å²) < 4.78 is 31.5. The monoisotopic (exact) mass is 467 g/mol. The maximum absolute atomic E-state index is 12.7. The van der Waals surface area contributed by atoms with E-state index in [0.717, 1.165) is 5.56 Å². The van der Waals surface area contributed by atoms with E-state index >= 15 is 0 Å². The smallest absolute Gasteiger partial charge is 0.325 e. The molecule has 12 heteroatoms. The minimum absolute atomic E-state index is 0.0646. The Kier molecular flexibility index (Phi) is 9.00. The van der Waals surface area contributed by atoms with Crippen LogP contribution in [0.1, 0.15) is 31.2 Å². The van der Waals surface area contributed by atoms with Crippen molar-refractivity contribution >= 4 is 33.8 Å². The van der Waals surface area contributed by atoms with Crippen molar-refractivity contribution in [3.8, 4) is 0 Å². The lowest BCUT2D eigenvalue weighted by atomic mass is 10.1. The van der Waals surface area contributed by atoms with Gasteiger partial charge in [0.15, 0.2) is 0 Å². The molecule has 0 spiro atoms. The summed E-state index contributed by atoms with van der Waals surface area (Å²) in [5.74, 6) is -1.43. The normalized spacial score (nSPS) is 17.9. The number of sulfonamides is 1. The number of carbonyl (C=O) groups excluding carboxylic acids is 3. The summed E-state index contributed by atoms with van der Waals surface area (Å²) in [5.41, 5.74) is 6.62. The van der Waals surface area contributed by atoms with Crippen molar-refractivity contribution in [3.05, 3.63) is 29.8 Å². The third-order valence-electron chi connectivity index (χ3n) is 4.83. The number of nitrogens with one attached hydrogen (secondary N) is 2. The topological polar surface area (TPSA) is 160 Å². The van der Waals surface area contributed by atoms with Crippen LogP contribution >= 0.6 is 0 Å². The van der Waals surface area contributed by atoms with Gasteiger partial charge in [0.05, 0.1) is 12.0 Å². The molecule has 4 N–H and O–H groups in total. The summed E-state index contributed by atoms with van der Waals surface area (Å²) in [6, 6.07) is 5.47. The summed E-state index contributed by atoms with van der Waals surface area (Å²) >= 11 is 0. The van der Waals surface area contributed by atoms with Crippen LogP contribution in [0.15, 0.2) is 34.2 Å². The lowest BCUT2D eigenvalue weighted by Crippen LogP contribution is -2.52. The van der Waals surface area contributed by atoms with E-state index in [0.29, 0.717) is 12.8 Å². The summed E-state index contributed by atoms with van der Waals surface area (Å²) in [6.07, 6.45) is 1.30. The number of rotatable bonds is 8. The third-order valence-corrected chi connectivity index (χ3v) is 6.20. The average Bonchev–Trinajstić information content (AvgIpc) is 2.73. The second-order valence-corrected chi connectivity index (χ2v) is 9.07. The van der Waals surface area contributed by atoms with Crippen molar-refractivity contribution in [1.82, 2.24) is 14.9 Å². The number of esters is 1. The molecule has 1 aliphatic rings. The molecule has 0 saturated carbocycles. The molecule has 1 heterocycles. The van der Waals surface area contributed by atoms with Crippen LogP contribution < -0.4 is 15.8 Å². The molecule has 11 nitrogen and oxygen atoms in total. The van der Waals surface area contributed by atoms with Gasteiger partial charge in [-0.25, -0.2) is 13.1 Å². The number of hydrogen-bond donors (Lipinski definition) is 3. The number of amides is 2. The Labute approximate surface area is 187 Å². The number of aryl methyl sites for hydroxylation is 1. The molecule has 2 amide bonds. The highest BCUT2D eigenvalue weighted by Gasteiger charge is 2.29. The Morgan fingerprint density at radius 1 is 1.31 bits per heavy atom. The number of nitrogens with two attached hydrogens (primary N) is 1. The van der Waals surface area contributed by atoms with Crippen molar-refractivity contribution in [2.24, 2.45) is 10.7 Å². The Morgan fingerprint density at radius 2 is 2.00 bits per heavy atom. The van der Waals surface area contributed by atoms with Crippen LogP contribution in [0, 0.1) is 6.92 Å². The Bertz CT molecular complexity index is 961. The predicted octanol–water partition coefficient (Wildman–Crippen LogP) is -0.352. The van der Waals surface area contributed by atoms with Gasteiger partial charge < -0.3 is 20.7 Å². The molecule has 1 aromatic rings. The first-order chi connectivity index (χ1) is 15.1. The largest absolute Gasteiger partial charge is 0.468 e. The van der Waals surface area contributed by atoms with E-state index in [2.05, 4.69) is 19.8 Å². The van der Waals surface area contributed by atoms with Crippen LogP contribution in [0.25, 0.3) is 0 Å². The first-order valence-corrected chi connectivity index (χ1v) is 11.6. The molecule has 1 aromatic carbocycles. The minimum atomic E-state index is -3.85. The Hall–Kier alpha value is -3.15. The van der Waals surface area contributed by atoms with Gasteiger partial charge in [-0.15, -0.1) is 0 Å². The third kappa shape index (κ3) is 7.52. The van der Waals surface area contributed by atoms with Crippen LogP contribution in [0.3, 0.4) is 0 Å². The Balaban J connectivity index is 1.93.